The summed E-state index contributed by atoms with van der Waals surface area (Å²) in [6, 6.07) is 5.29. The van der Waals surface area contributed by atoms with Crippen LogP contribution in [0.25, 0.3) is 0 Å². The number of aryl methyl sites for hydroxylation is 2. The lowest BCUT2D eigenvalue weighted by atomic mass is 10.1. The summed E-state index contributed by atoms with van der Waals surface area (Å²) in [5.74, 6) is 2.05. The average molecular weight is 488 g/mol. The van der Waals surface area contributed by atoms with E-state index >= 15 is 0 Å². The largest absolute Gasteiger partial charge is 0.496 e. The van der Waals surface area contributed by atoms with Gasteiger partial charge in [0.1, 0.15) is 17.1 Å². The van der Waals surface area contributed by atoms with Gasteiger partial charge in [-0.25, -0.2) is 9.78 Å². The lowest BCUT2D eigenvalue weighted by Gasteiger charge is -2.12. The van der Waals surface area contributed by atoms with Gasteiger partial charge in [-0.05, 0) is 31.5 Å². The molecule has 1 heterocycles. The zero-order valence-corrected chi connectivity index (χ0v) is 18.4. The van der Waals surface area contributed by atoms with Crippen LogP contribution in [0.3, 0.4) is 0 Å². The molecule has 2 N–H and O–H groups in total. The number of aliphatic imine (C=N–C) groups is 1. The predicted molar refractivity (Wildman–Crippen MR) is 113 cm³/mol. The first-order valence-corrected chi connectivity index (χ1v) is 8.11. The second kappa shape index (κ2) is 10.8. The number of guanidine groups is 1. The molecule has 0 aliphatic carbocycles. The molecule has 0 bridgehead atoms. The number of rotatable bonds is 6. The highest BCUT2D eigenvalue weighted by Crippen LogP contribution is 2.21. The molecule has 0 unspecified atom stereocenters. The number of ether oxygens (including phenoxy) is 2. The van der Waals surface area contributed by atoms with Crippen LogP contribution in [0.4, 0.5) is 0 Å². The molecule has 8 nitrogen and oxygen atoms in total. The number of methoxy groups -OCH3 is 2. The number of nitrogens with zero attached hydrogens (tertiary/aromatic N) is 2. The number of halogens is 1. The van der Waals surface area contributed by atoms with Crippen molar-refractivity contribution in [3.05, 3.63) is 46.7 Å². The highest BCUT2D eigenvalue weighted by atomic mass is 127. The van der Waals surface area contributed by atoms with Crippen LogP contribution in [-0.4, -0.2) is 38.2 Å². The minimum Gasteiger partial charge on any atom is -0.496 e. The fraction of sp³-hybridized carbons (Fsp3) is 0.389. The highest BCUT2D eigenvalue weighted by molar-refractivity contribution is 14.0. The number of oxazole rings is 1. The van der Waals surface area contributed by atoms with E-state index in [0.29, 0.717) is 36.3 Å². The number of nitrogens with one attached hydrogen (secondary N) is 2. The number of carbonyl (C=O) groups excluding carboxylic acids is 1. The van der Waals surface area contributed by atoms with Gasteiger partial charge in [-0.1, -0.05) is 6.07 Å². The number of hydrogen-bond acceptors (Lipinski definition) is 6. The molecule has 9 heteroatoms. The highest BCUT2D eigenvalue weighted by Gasteiger charge is 2.13. The second-order valence-corrected chi connectivity index (χ2v) is 5.55. The third-order valence-corrected chi connectivity index (χ3v) is 3.83. The van der Waals surface area contributed by atoms with E-state index in [1.54, 1.807) is 19.2 Å². The summed E-state index contributed by atoms with van der Waals surface area (Å²) >= 11 is 0. The maximum atomic E-state index is 11.7. The summed E-state index contributed by atoms with van der Waals surface area (Å²) in [6.07, 6.45) is 0. The lowest BCUT2D eigenvalue weighted by Crippen LogP contribution is -2.36. The number of aromatic nitrogens is 1. The minimum atomic E-state index is -0.435. The molecule has 0 atom stereocenters. The molecule has 0 aliphatic rings. The monoisotopic (exact) mass is 488 g/mol. The van der Waals surface area contributed by atoms with E-state index in [2.05, 4.69) is 20.6 Å². The van der Waals surface area contributed by atoms with Gasteiger partial charge in [-0.15, -0.1) is 24.0 Å². The van der Waals surface area contributed by atoms with Crippen LogP contribution < -0.4 is 15.4 Å². The zero-order chi connectivity index (χ0) is 19.1. The first kappa shape index (κ1) is 22.7. The fourth-order valence-corrected chi connectivity index (χ4v) is 2.30. The van der Waals surface area contributed by atoms with Crippen LogP contribution in [0.2, 0.25) is 0 Å². The Bertz CT molecular complexity index is 785. The van der Waals surface area contributed by atoms with Crippen molar-refractivity contribution in [2.75, 3.05) is 21.3 Å². The fourth-order valence-electron chi connectivity index (χ4n) is 2.30. The van der Waals surface area contributed by atoms with E-state index in [1.165, 1.54) is 14.2 Å². The van der Waals surface area contributed by atoms with Crippen LogP contribution in [0, 0.1) is 13.8 Å². The zero-order valence-electron chi connectivity index (χ0n) is 16.1. The molecule has 0 saturated heterocycles. The summed E-state index contributed by atoms with van der Waals surface area (Å²) in [4.78, 5) is 20.2. The van der Waals surface area contributed by atoms with Crippen molar-refractivity contribution < 1.29 is 18.7 Å². The van der Waals surface area contributed by atoms with E-state index in [0.717, 1.165) is 17.0 Å². The summed E-state index contributed by atoms with van der Waals surface area (Å²) in [7, 11) is 4.53. The molecule has 2 rings (SSSR count). The van der Waals surface area contributed by atoms with Crippen molar-refractivity contribution in [3.8, 4) is 5.75 Å². The standard InChI is InChI=1S/C18H24N4O4.HI/c1-11-12(2)26-16(22-11)10-21-18(19-3)20-9-13-6-7-14(17(23)25-5)15(8-13)24-4;/h6-8H,9-10H2,1-5H3,(H2,19,20,21);1H. The molecule has 0 spiro atoms. The first-order valence-electron chi connectivity index (χ1n) is 8.11. The Labute approximate surface area is 175 Å². The van der Waals surface area contributed by atoms with Crippen LogP contribution in [0.5, 0.6) is 5.75 Å². The van der Waals surface area contributed by atoms with E-state index < -0.39 is 5.97 Å². The van der Waals surface area contributed by atoms with Gasteiger partial charge < -0.3 is 24.5 Å². The van der Waals surface area contributed by atoms with Gasteiger partial charge in [-0.2, -0.15) is 0 Å². The van der Waals surface area contributed by atoms with Gasteiger partial charge in [-0.3, -0.25) is 4.99 Å². The molecule has 0 radical (unpaired) electrons. The summed E-state index contributed by atoms with van der Waals surface area (Å²) in [5.41, 5.74) is 2.19. The van der Waals surface area contributed by atoms with Gasteiger partial charge in [0.25, 0.3) is 0 Å². The summed E-state index contributed by atoms with van der Waals surface area (Å²) in [5, 5.41) is 6.33. The predicted octanol–water partition coefficient (Wildman–Crippen LogP) is 2.57. The van der Waals surface area contributed by atoms with Crippen LogP contribution in [-0.2, 0) is 17.8 Å². The van der Waals surface area contributed by atoms with Crippen LogP contribution in [0.1, 0.15) is 33.3 Å². The number of carbonyl (C=O) groups is 1. The topological polar surface area (TPSA) is 98.0 Å². The molecule has 148 valence electrons. The molecule has 2 aromatic rings. The Morgan fingerprint density at radius 2 is 1.93 bits per heavy atom. The Morgan fingerprint density at radius 1 is 1.22 bits per heavy atom. The van der Waals surface area contributed by atoms with E-state index in [9.17, 15) is 4.79 Å². The Hall–Kier alpha value is -2.30. The molecule has 1 aromatic heterocycles. The molecule has 27 heavy (non-hydrogen) atoms. The van der Waals surface area contributed by atoms with Crippen molar-refractivity contribution in [2.45, 2.75) is 26.9 Å². The molecule has 0 amide bonds. The van der Waals surface area contributed by atoms with E-state index in [1.807, 2.05) is 19.9 Å². The first-order chi connectivity index (χ1) is 12.5. The Kier molecular flexibility index (Phi) is 9.06. The van der Waals surface area contributed by atoms with Crippen molar-refractivity contribution in [3.63, 3.8) is 0 Å². The third-order valence-electron chi connectivity index (χ3n) is 3.83. The SMILES string of the molecule is CN=C(NCc1ccc(C(=O)OC)c(OC)c1)NCc1nc(C)c(C)o1.I. The van der Waals surface area contributed by atoms with Crippen molar-refractivity contribution in [1.82, 2.24) is 15.6 Å². The van der Waals surface area contributed by atoms with E-state index in [-0.39, 0.29) is 24.0 Å². The van der Waals surface area contributed by atoms with Crippen molar-refractivity contribution >= 4 is 35.9 Å². The average Bonchev–Trinajstić information content (AvgIpc) is 2.98. The third kappa shape index (κ3) is 6.12. The van der Waals surface area contributed by atoms with Gasteiger partial charge in [0.15, 0.2) is 5.96 Å². The molecule has 0 saturated carbocycles. The van der Waals surface area contributed by atoms with Gasteiger partial charge in [0, 0.05) is 13.6 Å². The number of esters is 1. The summed E-state index contributed by atoms with van der Waals surface area (Å²) < 4.78 is 15.5. The Balaban J connectivity index is 0.00000364. The number of benzene rings is 1. The lowest BCUT2D eigenvalue weighted by molar-refractivity contribution is 0.0597. The number of hydrogen-bond donors (Lipinski definition) is 2. The van der Waals surface area contributed by atoms with Gasteiger partial charge >= 0.3 is 5.97 Å². The normalized spacial score (nSPS) is 10.8. The maximum absolute atomic E-state index is 11.7. The van der Waals surface area contributed by atoms with Gasteiger partial charge in [0.05, 0.1) is 26.5 Å². The van der Waals surface area contributed by atoms with Crippen molar-refractivity contribution in [2.24, 2.45) is 4.99 Å². The maximum Gasteiger partial charge on any atom is 0.341 e. The molecular weight excluding hydrogens is 463 g/mol. The smallest absolute Gasteiger partial charge is 0.341 e. The Morgan fingerprint density at radius 3 is 2.48 bits per heavy atom. The quantitative estimate of drug-likeness (QED) is 0.279. The van der Waals surface area contributed by atoms with E-state index in [4.69, 9.17) is 13.9 Å². The van der Waals surface area contributed by atoms with Crippen molar-refractivity contribution in [1.29, 1.82) is 0 Å². The molecule has 0 fully saturated rings. The minimum absolute atomic E-state index is 0. The summed E-state index contributed by atoms with van der Waals surface area (Å²) in [6.45, 7) is 4.71. The van der Waals surface area contributed by atoms with Crippen LogP contribution in [0.15, 0.2) is 27.6 Å². The molecule has 1 aromatic carbocycles. The molecular formula is C18H25IN4O4. The van der Waals surface area contributed by atoms with Crippen LogP contribution >= 0.6 is 24.0 Å². The second-order valence-electron chi connectivity index (χ2n) is 5.55. The molecule has 0 aliphatic heterocycles. The van der Waals surface area contributed by atoms with Gasteiger partial charge in [0.2, 0.25) is 5.89 Å².